The number of anilines is 2. The Bertz CT molecular complexity index is 851. The first-order valence-electron chi connectivity index (χ1n) is 11.4. The molecule has 0 radical (unpaired) electrons. The number of nitrogens with zero attached hydrogens (tertiary/aromatic N) is 3. The lowest BCUT2D eigenvalue weighted by molar-refractivity contribution is -0.120. The standard InChI is InChI=1S/C24H36N4O4/c1-17-13-21(29)25-19-10-6-7-11-20(19)28(17)22(30)16-27-12-8-9-18(15-27)14-26(5)23(31)32-24(2,3)4/h6-7,10-11,17-18H,8-9,12-16H2,1-5H3,(H,25,29). The van der Waals surface area contributed by atoms with Gasteiger partial charge in [0.25, 0.3) is 0 Å². The zero-order chi connectivity index (χ0) is 23.5. The molecule has 3 amide bonds. The highest BCUT2D eigenvalue weighted by Crippen LogP contribution is 2.31. The average molecular weight is 445 g/mol. The maximum absolute atomic E-state index is 13.4. The zero-order valence-corrected chi connectivity index (χ0v) is 19.9. The van der Waals surface area contributed by atoms with E-state index in [9.17, 15) is 14.4 Å². The number of fused-ring (bicyclic) bond motifs is 1. The molecule has 3 rings (SSSR count). The molecule has 1 aromatic rings. The number of para-hydroxylation sites is 2. The molecule has 1 aromatic carbocycles. The van der Waals surface area contributed by atoms with E-state index in [1.807, 2.05) is 52.0 Å². The van der Waals surface area contributed by atoms with Crippen LogP contribution < -0.4 is 10.2 Å². The summed E-state index contributed by atoms with van der Waals surface area (Å²) >= 11 is 0. The van der Waals surface area contributed by atoms with E-state index in [-0.39, 0.29) is 36.3 Å². The third kappa shape index (κ3) is 6.22. The summed E-state index contributed by atoms with van der Waals surface area (Å²) in [6.07, 6.45) is 1.94. The number of hydrogen-bond donors (Lipinski definition) is 1. The lowest BCUT2D eigenvalue weighted by atomic mass is 9.97. The minimum Gasteiger partial charge on any atom is -0.444 e. The molecule has 1 N–H and O–H groups in total. The Balaban J connectivity index is 1.63. The lowest BCUT2D eigenvalue weighted by Gasteiger charge is -2.36. The summed E-state index contributed by atoms with van der Waals surface area (Å²) in [7, 11) is 1.76. The van der Waals surface area contributed by atoms with Gasteiger partial charge in [0, 0.05) is 32.6 Å². The number of piperidine rings is 1. The van der Waals surface area contributed by atoms with E-state index >= 15 is 0 Å². The van der Waals surface area contributed by atoms with Crippen molar-refractivity contribution in [2.75, 3.05) is 43.4 Å². The molecule has 8 heteroatoms. The fraction of sp³-hybridized carbons (Fsp3) is 0.625. The van der Waals surface area contributed by atoms with Gasteiger partial charge in [0.2, 0.25) is 11.8 Å². The zero-order valence-electron chi connectivity index (χ0n) is 19.9. The largest absolute Gasteiger partial charge is 0.444 e. The van der Waals surface area contributed by atoms with Crippen molar-refractivity contribution in [3.05, 3.63) is 24.3 Å². The molecule has 0 saturated carbocycles. The van der Waals surface area contributed by atoms with Crippen LogP contribution in [0.4, 0.5) is 16.2 Å². The number of carbonyl (C=O) groups is 3. The van der Waals surface area contributed by atoms with E-state index in [1.165, 1.54) is 0 Å². The normalized spacial score (nSPS) is 21.9. The molecule has 2 aliphatic heterocycles. The molecule has 0 bridgehead atoms. The molecule has 2 aliphatic rings. The van der Waals surface area contributed by atoms with Crippen molar-refractivity contribution in [1.82, 2.24) is 9.80 Å². The van der Waals surface area contributed by atoms with Crippen LogP contribution in [0.5, 0.6) is 0 Å². The van der Waals surface area contributed by atoms with Gasteiger partial charge >= 0.3 is 6.09 Å². The second kappa shape index (κ2) is 9.90. The SMILES string of the molecule is CC1CC(=O)Nc2ccccc2N1C(=O)CN1CCCC(CN(C)C(=O)OC(C)(C)C)C1. The highest BCUT2D eigenvalue weighted by atomic mass is 16.6. The van der Waals surface area contributed by atoms with Gasteiger partial charge in [0.05, 0.1) is 17.9 Å². The maximum Gasteiger partial charge on any atom is 0.410 e. The van der Waals surface area contributed by atoms with Gasteiger partial charge in [-0.3, -0.25) is 14.5 Å². The summed E-state index contributed by atoms with van der Waals surface area (Å²) in [5.41, 5.74) is 0.895. The van der Waals surface area contributed by atoms with E-state index < -0.39 is 5.60 Å². The Hall–Kier alpha value is -2.61. The molecule has 2 atom stereocenters. The Kier molecular flexibility index (Phi) is 7.44. The van der Waals surface area contributed by atoms with Crippen LogP contribution >= 0.6 is 0 Å². The molecule has 32 heavy (non-hydrogen) atoms. The van der Waals surface area contributed by atoms with Gasteiger partial charge in [-0.1, -0.05) is 12.1 Å². The van der Waals surface area contributed by atoms with Gasteiger partial charge in [-0.15, -0.1) is 0 Å². The van der Waals surface area contributed by atoms with E-state index in [0.29, 0.717) is 18.8 Å². The van der Waals surface area contributed by atoms with Crippen molar-refractivity contribution in [3.63, 3.8) is 0 Å². The number of benzene rings is 1. The Morgan fingerprint density at radius 2 is 1.97 bits per heavy atom. The van der Waals surface area contributed by atoms with Gasteiger partial charge in [-0.2, -0.15) is 0 Å². The van der Waals surface area contributed by atoms with E-state index in [0.717, 1.165) is 31.6 Å². The number of ether oxygens (including phenoxy) is 1. The van der Waals surface area contributed by atoms with Crippen LogP contribution in [-0.2, 0) is 14.3 Å². The Morgan fingerprint density at radius 1 is 1.25 bits per heavy atom. The number of likely N-dealkylation sites (tertiary alicyclic amines) is 1. The second-order valence-electron chi connectivity index (χ2n) is 9.99. The van der Waals surface area contributed by atoms with Crippen LogP contribution in [0.25, 0.3) is 0 Å². The minimum absolute atomic E-state index is 0.0115. The fourth-order valence-corrected chi connectivity index (χ4v) is 4.48. The molecule has 1 fully saturated rings. The summed E-state index contributed by atoms with van der Waals surface area (Å²) in [5, 5.41) is 2.90. The van der Waals surface area contributed by atoms with Gasteiger partial charge in [-0.25, -0.2) is 4.79 Å². The first-order chi connectivity index (χ1) is 15.0. The summed E-state index contributed by atoms with van der Waals surface area (Å²) in [6, 6.07) is 7.23. The molecule has 8 nitrogen and oxygen atoms in total. The van der Waals surface area contributed by atoms with Crippen LogP contribution in [0.1, 0.15) is 47.0 Å². The molecule has 0 spiro atoms. The quantitative estimate of drug-likeness (QED) is 0.770. The van der Waals surface area contributed by atoms with Crippen molar-refractivity contribution >= 4 is 29.3 Å². The highest BCUT2D eigenvalue weighted by Gasteiger charge is 2.32. The van der Waals surface area contributed by atoms with Crippen LogP contribution in [0.2, 0.25) is 0 Å². The van der Waals surface area contributed by atoms with E-state index in [4.69, 9.17) is 4.74 Å². The number of hydrogen-bond acceptors (Lipinski definition) is 5. The third-order valence-corrected chi connectivity index (χ3v) is 5.83. The first-order valence-corrected chi connectivity index (χ1v) is 11.4. The first kappa shape index (κ1) is 24.0. The van der Waals surface area contributed by atoms with Gasteiger partial charge < -0.3 is 19.9 Å². The number of rotatable bonds is 4. The highest BCUT2D eigenvalue weighted by molar-refractivity contribution is 6.04. The second-order valence-corrected chi connectivity index (χ2v) is 9.99. The Morgan fingerprint density at radius 3 is 2.69 bits per heavy atom. The Labute approximate surface area is 190 Å². The molecule has 176 valence electrons. The van der Waals surface area contributed by atoms with Crippen LogP contribution in [0, 0.1) is 5.92 Å². The van der Waals surface area contributed by atoms with Crippen LogP contribution in [-0.4, -0.2) is 72.6 Å². The summed E-state index contributed by atoms with van der Waals surface area (Å²) in [4.78, 5) is 43.4. The maximum atomic E-state index is 13.4. The van der Waals surface area contributed by atoms with Gasteiger partial charge in [0.15, 0.2) is 0 Å². The van der Waals surface area contributed by atoms with E-state index in [1.54, 1.807) is 16.8 Å². The van der Waals surface area contributed by atoms with Crippen molar-refractivity contribution in [2.24, 2.45) is 5.92 Å². The minimum atomic E-state index is -0.521. The molecular formula is C24H36N4O4. The van der Waals surface area contributed by atoms with E-state index in [2.05, 4.69) is 10.2 Å². The predicted octanol–water partition coefficient (Wildman–Crippen LogP) is 3.33. The summed E-state index contributed by atoms with van der Waals surface area (Å²) < 4.78 is 5.46. The van der Waals surface area contributed by atoms with Crippen molar-refractivity contribution in [1.29, 1.82) is 0 Å². The molecule has 2 heterocycles. The summed E-state index contributed by atoms with van der Waals surface area (Å²) in [6.45, 7) is 9.97. The molecule has 0 aromatic heterocycles. The van der Waals surface area contributed by atoms with Crippen LogP contribution in [0.3, 0.4) is 0 Å². The molecule has 1 saturated heterocycles. The number of carbonyl (C=O) groups excluding carboxylic acids is 3. The monoisotopic (exact) mass is 444 g/mol. The average Bonchev–Trinajstić information content (AvgIpc) is 2.81. The van der Waals surface area contributed by atoms with Gasteiger partial charge in [0.1, 0.15) is 5.60 Å². The predicted molar refractivity (Wildman–Crippen MR) is 125 cm³/mol. The molecule has 2 unspecified atom stereocenters. The summed E-state index contributed by atoms with van der Waals surface area (Å²) in [5.74, 6) is 0.192. The van der Waals surface area contributed by atoms with Gasteiger partial charge in [-0.05, 0) is 65.1 Å². The third-order valence-electron chi connectivity index (χ3n) is 5.83. The fourth-order valence-electron chi connectivity index (χ4n) is 4.48. The molecular weight excluding hydrogens is 408 g/mol. The smallest absolute Gasteiger partial charge is 0.410 e. The molecule has 0 aliphatic carbocycles. The van der Waals surface area contributed by atoms with Crippen LogP contribution in [0.15, 0.2) is 24.3 Å². The van der Waals surface area contributed by atoms with Crippen molar-refractivity contribution < 1.29 is 19.1 Å². The lowest BCUT2D eigenvalue weighted by Crippen LogP contribution is -2.49. The number of amides is 3. The topological polar surface area (TPSA) is 82.2 Å². The van der Waals surface area contributed by atoms with Crippen molar-refractivity contribution in [3.8, 4) is 0 Å². The van der Waals surface area contributed by atoms with Crippen molar-refractivity contribution in [2.45, 2.75) is 58.6 Å². The number of nitrogens with one attached hydrogen (secondary N) is 1.